The molecule has 1 rings (SSSR count). The minimum atomic E-state index is -1.03. The molecule has 118 valence electrons. The van der Waals surface area contributed by atoms with Gasteiger partial charge in [-0.3, -0.25) is 4.79 Å². The van der Waals surface area contributed by atoms with Gasteiger partial charge in [0.1, 0.15) is 17.9 Å². The number of ether oxygens (including phenoxy) is 1. The topological polar surface area (TPSA) is 83.8 Å². The highest BCUT2D eigenvalue weighted by atomic mass is 35.5. The van der Waals surface area contributed by atoms with Crippen molar-refractivity contribution in [3.8, 4) is 5.75 Å². The van der Waals surface area contributed by atoms with Gasteiger partial charge in [-0.05, 0) is 12.1 Å². The van der Waals surface area contributed by atoms with Crippen molar-refractivity contribution in [1.82, 2.24) is 0 Å². The Morgan fingerprint density at radius 3 is 2.29 bits per heavy atom. The standard InChI is InChI=1S/C14H19NO5.ClH/c1-15(2,3)9-10(8-13(17)18)20-14(19)11-6-4-5-7-12(11)16;/h4-7,10H,8-9H2,1-3H3,(H-,16,17,18,19);1H/t10-;/m1./s1. The number of carboxylic acid groups (broad SMARTS) is 1. The summed E-state index contributed by atoms with van der Waals surface area (Å²) in [5.41, 5.74) is 0.0318. The molecule has 0 unspecified atom stereocenters. The Balaban J connectivity index is 0.00000400. The van der Waals surface area contributed by atoms with Crippen LogP contribution in [0.3, 0.4) is 0 Å². The fourth-order valence-electron chi connectivity index (χ4n) is 1.81. The molecule has 1 aromatic carbocycles. The quantitative estimate of drug-likeness (QED) is 0.473. The van der Waals surface area contributed by atoms with Crippen LogP contribution in [-0.2, 0) is 9.53 Å². The van der Waals surface area contributed by atoms with Gasteiger partial charge in [0.2, 0.25) is 0 Å². The number of phenolic OH excluding ortho intramolecular Hbond substituents is 1. The highest BCUT2D eigenvalue weighted by Gasteiger charge is 2.26. The second-order valence-corrected chi connectivity index (χ2v) is 5.62. The molecular weight excluding hydrogens is 298 g/mol. The molecule has 7 heteroatoms. The van der Waals surface area contributed by atoms with E-state index in [2.05, 4.69) is 0 Å². The molecule has 21 heavy (non-hydrogen) atoms. The summed E-state index contributed by atoms with van der Waals surface area (Å²) in [6.45, 7) is 0.367. The lowest BCUT2D eigenvalue weighted by Crippen LogP contribution is -3.00. The molecule has 0 spiro atoms. The number of aromatic hydroxyl groups is 1. The van der Waals surface area contributed by atoms with Crippen molar-refractivity contribution >= 4 is 11.9 Å². The molecule has 0 aliphatic carbocycles. The van der Waals surface area contributed by atoms with Crippen LogP contribution in [-0.4, -0.2) is 60.4 Å². The van der Waals surface area contributed by atoms with Crippen molar-refractivity contribution in [2.24, 2.45) is 0 Å². The van der Waals surface area contributed by atoms with Gasteiger partial charge >= 0.3 is 11.9 Å². The van der Waals surface area contributed by atoms with E-state index in [9.17, 15) is 14.7 Å². The molecule has 0 bridgehead atoms. The van der Waals surface area contributed by atoms with Crippen molar-refractivity contribution in [3.05, 3.63) is 29.8 Å². The van der Waals surface area contributed by atoms with Crippen molar-refractivity contribution in [2.75, 3.05) is 27.7 Å². The minimum Gasteiger partial charge on any atom is -1.00 e. The monoisotopic (exact) mass is 317 g/mol. The average Bonchev–Trinajstić information content (AvgIpc) is 2.25. The molecule has 0 saturated heterocycles. The molecule has 0 saturated carbocycles. The molecule has 1 atom stereocenters. The SMILES string of the molecule is C[N+](C)(C)C[C@@H](CC(=O)O)OC(=O)c1ccccc1O.[Cl-]. The van der Waals surface area contributed by atoms with E-state index < -0.39 is 18.0 Å². The summed E-state index contributed by atoms with van der Waals surface area (Å²) in [5, 5.41) is 18.5. The summed E-state index contributed by atoms with van der Waals surface area (Å²) in [7, 11) is 5.63. The van der Waals surface area contributed by atoms with Gasteiger partial charge in [0.15, 0.2) is 6.10 Å². The van der Waals surface area contributed by atoms with Gasteiger partial charge in [-0.2, -0.15) is 0 Å². The van der Waals surface area contributed by atoms with E-state index in [4.69, 9.17) is 9.84 Å². The van der Waals surface area contributed by atoms with Gasteiger partial charge in [-0.15, -0.1) is 0 Å². The van der Waals surface area contributed by atoms with Gasteiger partial charge in [0.05, 0.1) is 27.6 Å². The number of carbonyl (C=O) groups excluding carboxylic acids is 1. The Hall–Kier alpha value is -1.79. The number of para-hydroxylation sites is 1. The molecule has 6 nitrogen and oxygen atoms in total. The predicted molar refractivity (Wildman–Crippen MR) is 72.5 cm³/mol. The number of esters is 1. The third kappa shape index (κ3) is 6.97. The molecule has 0 heterocycles. The fraction of sp³-hybridized carbons (Fsp3) is 0.429. The summed E-state index contributed by atoms with van der Waals surface area (Å²) < 4.78 is 5.67. The van der Waals surface area contributed by atoms with E-state index in [0.29, 0.717) is 11.0 Å². The average molecular weight is 318 g/mol. The summed E-state index contributed by atoms with van der Waals surface area (Å²) >= 11 is 0. The third-order valence-electron chi connectivity index (χ3n) is 2.55. The number of carboxylic acids is 1. The Morgan fingerprint density at radius 1 is 1.24 bits per heavy atom. The number of aliphatic carboxylic acids is 1. The Bertz CT molecular complexity index is 498. The first-order valence-corrected chi connectivity index (χ1v) is 6.20. The minimum absolute atomic E-state index is 0. The maximum Gasteiger partial charge on any atom is 0.342 e. The summed E-state index contributed by atoms with van der Waals surface area (Å²) in [4.78, 5) is 22.8. The largest absolute Gasteiger partial charge is 1.00 e. The number of nitrogens with zero attached hydrogens (tertiary/aromatic N) is 1. The zero-order chi connectivity index (χ0) is 15.3. The molecule has 0 aliphatic heterocycles. The first kappa shape index (κ1) is 19.2. The Kier molecular flexibility index (Phi) is 7.18. The van der Waals surface area contributed by atoms with Crippen LogP contribution in [0, 0.1) is 0 Å². The van der Waals surface area contributed by atoms with E-state index >= 15 is 0 Å². The predicted octanol–water partition coefficient (Wildman–Crippen LogP) is -1.90. The lowest BCUT2D eigenvalue weighted by atomic mass is 10.2. The van der Waals surface area contributed by atoms with E-state index in [1.54, 1.807) is 12.1 Å². The van der Waals surface area contributed by atoms with Gasteiger partial charge in [-0.25, -0.2) is 4.79 Å². The zero-order valence-electron chi connectivity index (χ0n) is 12.2. The maximum absolute atomic E-state index is 12.0. The lowest BCUT2D eigenvalue weighted by Gasteiger charge is -2.28. The van der Waals surface area contributed by atoms with Crippen LogP contribution in [0.4, 0.5) is 0 Å². The number of hydrogen-bond acceptors (Lipinski definition) is 4. The number of phenols is 1. The molecule has 0 radical (unpaired) electrons. The summed E-state index contributed by atoms with van der Waals surface area (Å²) in [6.07, 6.45) is -1.02. The highest BCUT2D eigenvalue weighted by Crippen LogP contribution is 2.18. The van der Waals surface area contributed by atoms with Crippen molar-refractivity contribution < 1.29 is 41.4 Å². The molecular formula is C14H20ClNO5. The Labute approximate surface area is 129 Å². The van der Waals surface area contributed by atoms with Crippen molar-refractivity contribution in [2.45, 2.75) is 12.5 Å². The number of benzene rings is 1. The number of hydrogen-bond donors (Lipinski definition) is 2. The zero-order valence-corrected chi connectivity index (χ0v) is 13.0. The number of likely N-dealkylation sites (N-methyl/N-ethyl adjacent to an activating group) is 1. The molecule has 0 aromatic heterocycles. The Morgan fingerprint density at radius 2 is 1.81 bits per heavy atom. The first-order chi connectivity index (χ1) is 9.19. The van der Waals surface area contributed by atoms with E-state index in [1.807, 2.05) is 21.1 Å². The van der Waals surface area contributed by atoms with E-state index in [0.717, 1.165) is 0 Å². The molecule has 0 fully saturated rings. The summed E-state index contributed by atoms with van der Waals surface area (Å²) in [6, 6.07) is 6.00. The van der Waals surface area contributed by atoms with Gasteiger partial charge < -0.3 is 31.8 Å². The second-order valence-electron chi connectivity index (χ2n) is 5.62. The van der Waals surface area contributed by atoms with Crippen LogP contribution in [0.2, 0.25) is 0 Å². The van der Waals surface area contributed by atoms with Crippen LogP contribution in [0.15, 0.2) is 24.3 Å². The maximum atomic E-state index is 12.0. The third-order valence-corrected chi connectivity index (χ3v) is 2.55. The first-order valence-electron chi connectivity index (χ1n) is 6.20. The molecule has 1 aromatic rings. The van der Waals surface area contributed by atoms with Crippen LogP contribution in [0.1, 0.15) is 16.8 Å². The van der Waals surface area contributed by atoms with Crippen LogP contribution >= 0.6 is 0 Å². The summed E-state index contributed by atoms with van der Waals surface area (Å²) in [5.74, 6) is -1.94. The molecule has 2 N–H and O–H groups in total. The van der Waals surface area contributed by atoms with Crippen molar-refractivity contribution in [3.63, 3.8) is 0 Å². The van der Waals surface area contributed by atoms with Crippen LogP contribution in [0.25, 0.3) is 0 Å². The number of quaternary nitrogens is 1. The highest BCUT2D eigenvalue weighted by molar-refractivity contribution is 5.92. The van der Waals surface area contributed by atoms with Crippen LogP contribution < -0.4 is 12.4 Å². The normalized spacial score (nSPS) is 12.1. The molecule has 0 aliphatic rings. The van der Waals surface area contributed by atoms with Gasteiger partial charge in [0.25, 0.3) is 0 Å². The fourth-order valence-corrected chi connectivity index (χ4v) is 1.81. The van der Waals surface area contributed by atoms with E-state index in [1.165, 1.54) is 12.1 Å². The molecule has 0 amide bonds. The van der Waals surface area contributed by atoms with E-state index in [-0.39, 0.29) is 30.1 Å². The van der Waals surface area contributed by atoms with Gasteiger partial charge in [0, 0.05) is 0 Å². The number of rotatable bonds is 6. The number of carbonyl (C=O) groups is 2. The van der Waals surface area contributed by atoms with Gasteiger partial charge in [-0.1, -0.05) is 12.1 Å². The smallest absolute Gasteiger partial charge is 0.342 e. The number of halogens is 1. The van der Waals surface area contributed by atoms with Crippen LogP contribution in [0.5, 0.6) is 5.75 Å². The lowest BCUT2D eigenvalue weighted by molar-refractivity contribution is -0.873. The van der Waals surface area contributed by atoms with Crippen molar-refractivity contribution in [1.29, 1.82) is 0 Å². The second kappa shape index (κ2) is 7.85.